The van der Waals surface area contributed by atoms with E-state index in [1.54, 1.807) is 7.11 Å². The van der Waals surface area contributed by atoms with Gasteiger partial charge in [0, 0.05) is 33.8 Å². The van der Waals surface area contributed by atoms with E-state index in [2.05, 4.69) is 25.1 Å². The fourth-order valence-corrected chi connectivity index (χ4v) is 4.09. The van der Waals surface area contributed by atoms with Gasteiger partial charge in [-0.15, -0.1) is 0 Å². The maximum absolute atomic E-state index is 8.80. The van der Waals surface area contributed by atoms with Crippen molar-refractivity contribution in [1.82, 2.24) is 25.1 Å². The lowest BCUT2D eigenvalue weighted by molar-refractivity contribution is 0.323. The number of hydrogen-bond acceptors (Lipinski definition) is 7. The highest BCUT2D eigenvalue weighted by Gasteiger charge is 2.16. The molecule has 4 N–H and O–H groups in total. The zero-order valence-electron chi connectivity index (χ0n) is 17.9. The van der Waals surface area contributed by atoms with Gasteiger partial charge in [-0.25, -0.2) is 9.97 Å². The summed E-state index contributed by atoms with van der Waals surface area (Å²) in [6, 6.07) is 15.1. The van der Waals surface area contributed by atoms with E-state index >= 15 is 0 Å². The Morgan fingerprint density at radius 2 is 1.94 bits per heavy atom. The molecule has 0 saturated carbocycles. The van der Waals surface area contributed by atoms with Crippen LogP contribution >= 0.6 is 0 Å². The number of H-pyrrole nitrogens is 1. The number of aromatic amines is 1. The van der Waals surface area contributed by atoms with Gasteiger partial charge in [0.2, 0.25) is 5.88 Å². The second-order valence-electron chi connectivity index (χ2n) is 8.03. The molecular formula is C24H25N7O. The lowest BCUT2D eigenvalue weighted by Crippen LogP contribution is -2.19. The van der Waals surface area contributed by atoms with Crippen molar-refractivity contribution in [1.29, 1.82) is 5.41 Å². The number of pyridine rings is 1. The third-order valence-electron chi connectivity index (χ3n) is 5.85. The number of likely N-dealkylation sites (tertiary alicyclic amines) is 1. The average Bonchev–Trinajstić information content (AvgIpc) is 3.51. The number of rotatable bonds is 6. The molecule has 5 rings (SSSR count). The van der Waals surface area contributed by atoms with Gasteiger partial charge in [0.15, 0.2) is 5.82 Å². The number of ether oxygens (including phenoxy) is 1. The molecule has 32 heavy (non-hydrogen) atoms. The molecule has 3 heterocycles. The van der Waals surface area contributed by atoms with E-state index in [0.29, 0.717) is 28.7 Å². The van der Waals surface area contributed by atoms with Gasteiger partial charge in [0.1, 0.15) is 5.82 Å². The van der Waals surface area contributed by atoms with E-state index < -0.39 is 0 Å². The van der Waals surface area contributed by atoms with Crippen LogP contribution in [0, 0.1) is 5.41 Å². The van der Waals surface area contributed by atoms with Gasteiger partial charge in [0.25, 0.3) is 0 Å². The number of nitrogens with two attached hydrogens (primary N) is 1. The molecule has 162 valence electrons. The number of benzene rings is 2. The SMILES string of the molecule is COc1ccc2cc(C(=N)c3cc(-c4n[nH]c(CN5CCCC5)n4)ccc3N)ccc2n1. The van der Waals surface area contributed by atoms with Gasteiger partial charge in [-0.2, -0.15) is 5.10 Å². The minimum absolute atomic E-state index is 0.342. The highest BCUT2D eigenvalue weighted by atomic mass is 16.5. The summed E-state index contributed by atoms with van der Waals surface area (Å²) in [7, 11) is 1.59. The van der Waals surface area contributed by atoms with Gasteiger partial charge < -0.3 is 10.5 Å². The number of nitrogens with zero attached hydrogens (tertiary/aromatic N) is 4. The van der Waals surface area contributed by atoms with Crippen LogP contribution in [0.5, 0.6) is 5.88 Å². The molecule has 1 fully saturated rings. The molecule has 0 unspecified atom stereocenters. The number of anilines is 1. The second kappa shape index (κ2) is 8.39. The standard InChI is InChI=1S/C24H25N7O/c1-32-22-9-6-15-12-16(5-8-20(15)27-22)23(26)18-13-17(4-7-19(18)25)24-28-21(29-30-24)14-31-10-2-3-11-31/h4-9,12-13,26H,2-3,10-11,14,25H2,1H3,(H,28,29,30). The zero-order chi connectivity index (χ0) is 22.1. The summed E-state index contributed by atoms with van der Waals surface area (Å²) in [5, 5.41) is 17.2. The van der Waals surface area contributed by atoms with Crippen molar-refractivity contribution in [3.63, 3.8) is 0 Å². The first-order valence-corrected chi connectivity index (χ1v) is 10.7. The van der Waals surface area contributed by atoms with Crippen molar-refractivity contribution >= 4 is 22.3 Å². The van der Waals surface area contributed by atoms with E-state index in [9.17, 15) is 0 Å². The Kier molecular flexibility index (Phi) is 5.28. The van der Waals surface area contributed by atoms with E-state index in [1.807, 2.05) is 48.5 Å². The summed E-state index contributed by atoms with van der Waals surface area (Å²) in [5.74, 6) is 2.03. The minimum atomic E-state index is 0.342. The van der Waals surface area contributed by atoms with E-state index in [-0.39, 0.29) is 0 Å². The Balaban J connectivity index is 1.42. The summed E-state index contributed by atoms with van der Waals surface area (Å²) >= 11 is 0. The molecule has 0 radical (unpaired) electrons. The van der Waals surface area contributed by atoms with Gasteiger partial charge >= 0.3 is 0 Å². The van der Waals surface area contributed by atoms with Crippen molar-refractivity contribution in [3.8, 4) is 17.3 Å². The first kappa shape index (κ1) is 20.1. The van der Waals surface area contributed by atoms with Crippen LogP contribution in [0.4, 0.5) is 5.69 Å². The van der Waals surface area contributed by atoms with E-state index in [4.69, 9.17) is 15.9 Å². The van der Waals surface area contributed by atoms with Gasteiger partial charge in [-0.05, 0) is 62.3 Å². The van der Waals surface area contributed by atoms with Crippen LogP contribution < -0.4 is 10.5 Å². The van der Waals surface area contributed by atoms with Gasteiger partial charge in [0.05, 0.1) is 24.9 Å². The molecule has 1 aliphatic heterocycles. The molecule has 0 aliphatic carbocycles. The smallest absolute Gasteiger partial charge is 0.213 e. The quantitative estimate of drug-likeness (QED) is 0.320. The number of aromatic nitrogens is 4. The number of nitrogen functional groups attached to an aromatic ring is 1. The predicted molar refractivity (Wildman–Crippen MR) is 125 cm³/mol. The van der Waals surface area contributed by atoms with Crippen LogP contribution in [0.25, 0.3) is 22.3 Å². The van der Waals surface area contributed by atoms with Gasteiger partial charge in [-0.3, -0.25) is 15.4 Å². The first-order chi connectivity index (χ1) is 15.6. The largest absolute Gasteiger partial charge is 0.481 e. The highest BCUT2D eigenvalue weighted by molar-refractivity contribution is 6.15. The van der Waals surface area contributed by atoms with Crippen LogP contribution in [0.1, 0.15) is 29.8 Å². The minimum Gasteiger partial charge on any atom is -0.481 e. The molecule has 0 amide bonds. The summed E-state index contributed by atoms with van der Waals surface area (Å²) < 4.78 is 5.19. The molecule has 1 aliphatic rings. The van der Waals surface area contributed by atoms with E-state index in [0.717, 1.165) is 47.5 Å². The molecule has 4 aromatic rings. The zero-order valence-corrected chi connectivity index (χ0v) is 17.9. The maximum Gasteiger partial charge on any atom is 0.213 e. The first-order valence-electron chi connectivity index (χ1n) is 10.7. The Bertz CT molecular complexity index is 1290. The van der Waals surface area contributed by atoms with Crippen LogP contribution in [-0.2, 0) is 6.54 Å². The number of nitrogens with one attached hydrogen (secondary N) is 2. The fourth-order valence-electron chi connectivity index (χ4n) is 4.09. The Hall–Kier alpha value is -3.78. The monoisotopic (exact) mass is 427 g/mol. The van der Waals surface area contributed by atoms with Gasteiger partial charge in [-0.1, -0.05) is 6.07 Å². The van der Waals surface area contributed by atoms with Crippen molar-refractivity contribution in [3.05, 3.63) is 65.5 Å². The summed E-state index contributed by atoms with van der Waals surface area (Å²) in [4.78, 5) is 11.5. The molecule has 2 aromatic carbocycles. The number of methoxy groups -OCH3 is 1. The molecule has 8 nitrogen and oxygen atoms in total. The summed E-state index contributed by atoms with van der Waals surface area (Å²) in [6.45, 7) is 2.99. The molecular weight excluding hydrogens is 402 g/mol. The molecule has 0 spiro atoms. The van der Waals surface area contributed by atoms with Crippen LogP contribution in [0.2, 0.25) is 0 Å². The van der Waals surface area contributed by atoms with Crippen molar-refractivity contribution in [2.45, 2.75) is 19.4 Å². The third-order valence-corrected chi connectivity index (χ3v) is 5.85. The Labute approximate surface area is 186 Å². The highest BCUT2D eigenvalue weighted by Crippen LogP contribution is 2.26. The molecule has 0 bridgehead atoms. The summed E-state index contributed by atoms with van der Waals surface area (Å²) in [5.41, 5.74) is 10.2. The van der Waals surface area contributed by atoms with Crippen molar-refractivity contribution in [2.75, 3.05) is 25.9 Å². The molecule has 1 saturated heterocycles. The normalized spacial score (nSPS) is 14.2. The number of fused-ring (bicyclic) bond motifs is 1. The lowest BCUT2D eigenvalue weighted by Gasteiger charge is -2.11. The van der Waals surface area contributed by atoms with Crippen LogP contribution in [0.15, 0.2) is 48.5 Å². The molecule has 8 heteroatoms. The molecule has 0 atom stereocenters. The van der Waals surface area contributed by atoms with Crippen molar-refractivity contribution < 1.29 is 4.74 Å². The predicted octanol–water partition coefficient (Wildman–Crippen LogP) is 3.62. The lowest BCUT2D eigenvalue weighted by atomic mass is 9.97. The topological polar surface area (TPSA) is 117 Å². The van der Waals surface area contributed by atoms with Crippen LogP contribution in [0.3, 0.4) is 0 Å². The summed E-state index contributed by atoms with van der Waals surface area (Å²) in [6.07, 6.45) is 2.48. The maximum atomic E-state index is 8.80. The van der Waals surface area contributed by atoms with E-state index in [1.165, 1.54) is 12.8 Å². The molecule has 2 aromatic heterocycles. The number of hydrogen-bond donors (Lipinski definition) is 3. The van der Waals surface area contributed by atoms with Crippen molar-refractivity contribution in [2.24, 2.45) is 0 Å². The third kappa shape index (κ3) is 3.92. The average molecular weight is 428 g/mol. The fraction of sp³-hybridized carbons (Fsp3) is 0.250. The Morgan fingerprint density at radius 3 is 2.75 bits per heavy atom. The Morgan fingerprint density at radius 1 is 1.09 bits per heavy atom. The van der Waals surface area contributed by atoms with Crippen LogP contribution in [-0.4, -0.2) is 51.0 Å². The second-order valence-corrected chi connectivity index (χ2v) is 8.03.